The van der Waals surface area contributed by atoms with E-state index >= 15 is 0 Å². The van der Waals surface area contributed by atoms with Gasteiger partial charge in [0.1, 0.15) is 5.69 Å². The van der Waals surface area contributed by atoms with E-state index in [9.17, 15) is 14.4 Å². The Morgan fingerprint density at radius 2 is 1.92 bits per heavy atom. The van der Waals surface area contributed by atoms with Crippen LogP contribution < -0.4 is 10.9 Å². The monoisotopic (exact) mass is 340 g/mol. The maximum absolute atomic E-state index is 12.6. The molecule has 2 amide bonds. The van der Waals surface area contributed by atoms with Gasteiger partial charge >= 0.3 is 0 Å². The van der Waals surface area contributed by atoms with E-state index in [0.717, 1.165) is 23.2 Å². The van der Waals surface area contributed by atoms with Crippen molar-refractivity contribution in [1.29, 1.82) is 0 Å². The van der Waals surface area contributed by atoms with Crippen molar-refractivity contribution >= 4 is 17.5 Å². The molecule has 1 aliphatic rings. The van der Waals surface area contributed by atoms with Crippen LogP contribution >= 0.6 is 0 Å². The first-order valence-corrected chi connectivity index (χ1v) is 8.24. The highest BCUT2D eigenvalue weighted by atomic mass is 16.2. The third kappa shape index (κ3) is 3.93. The minimum absolute atomic E-state index is 0.0860. The Morgan fingerprint density at radius 1 is 1.16 bits per heavy atom. The van der Waals surface area contributed by atoms with Crippen LogP contribution in [-0.2, 0) is 11.8 Å². The quantitative estimate of drug-likeness (QED) is 0.912. The normalized spacial score (nSPS) is 17.2. The number of anilines is 1. The maximum Gasteiger partial charge on any atom is 0.274 e. The fourth-order valence-corrected chi connectivity index (χ4v) is 2.92. The van der Waals surface area contributed by atoms with E-state index in [1.165, 1.54) is 19.2 Å². The van der Waals surface area contributed by atoms with Crippen LogP contribution in [0.5, 0.6) is 0 Å². The zero-order chi connectivity index (χ0) is 17.8. The summed E-state index contributed by atoms with van der Waals surface area (Å²) in [6.07, 6.45) is 1.49. The molecular weight excluding hydrogens is 320 g/mol. The first kappa shape index (κ1) is 16.9. The molecule has 1 unspecified atom stereocenters. The highest BCUT2D eigenvalue weighted by Crippen LogP contribution is 2.20. The molecule has 1 atom stereocenters. The molecule has 0 saturated carbocycles. The molecule has 25 heavy (non-hydrogen) atoms. The Bertz CT molecular complexity index is 832. The van der Waals surface area contributed by atoms with Gasteiger partial charge in [-0.25, -0.2) is 4.68 Å². The zero-order valence-corrected chi connectivity index (χ0v) is 14.0. The molecule has 1 aliphatic heterocycles. The summed E-state index contributed by atoms with van der Waals surface area (Å²) < 4.78 is 1.14. The van der Waals surface area contributed by atoms with E-state index in [4.69, 9.17) is 0 Å². The summed E-state index contributed by atoms with van der Waals surface area (Å²) in [5, 5.41) is 6.89. The molecule has 3 rings (SSSR count). The second kappa shape index (κ2) is 7.29. The zero-order valence-electron chi connectivity index (χ0n) is 14.0. The summed E-state index contributed by atoms with van der Waals surface area (Å²) in [4.78, 5) is 38.1. The van der Waals surface area contributed by atoms with Crippen molar-refractivity contribution in [2.24, 2.45) is 13.0 Å². The van der Waals surface area contributed by atoms with Crippen molar-refractivity contribution in [2.75, 3.05) is 18.4 Å². The second-order valence-electron chi connectivity index (χ2n) is 6.13. The Morgan fingerprint density at radius 3 is 2.64 bits per heavy atom. The predicted molar refractivity (Wildman–Crippen MR) is 93.2 cm³/mol. The molecule has 130 valence electrons. The molecule has 0 aliphatic carbocycles. The Kier molecular flexibility index (Phi) is 4.92. The van der Waals surface area contributed by atoms with Crippen molar-refractivity contribution in [3.8, 4) is 0 Å². The van der Waals surface area contributed by atoms with Crippen molar-refractivity contribution in [3.63, 3.8) is 0 Å². The van der Waals surface area contributed by atoms with Crippen molar-refractivity contribution < 1.29 is 9.59 Å². The van der Waals surface area contributed by atoms with Crippen molar-refractivity contribution in [2.45, 2.75) is 12.8 Å². The maximum atomic E-state index is 12.6. The first-order chi connectivity index (χ1) is 12.0. The van der Waals surface area contributed by atoms with E-state index in [2.05, 4.69) is 10.4 Å². The fraction of sp³-hybridized carbons (Fsp3) is 0.333. The lowest BCUT2D eigenvalue weighted by Gasteiger charge is -2.31. The summed E-state index contributed by atoms with van der Waals surface area (Å²) in [6.45, 7) is 0.931. The number of likely N-dealkylation sites (tertiary alicyclic amines) is 1. The number of nitrogens with one attached hydrogen (secondary N) is 1. The van der Waals surface area contributed by atoms with Crippen LogP contribution in [0.3, 0.4) is 0 Å². The second-order valence-corrected chi connectivity index (χ2v) is 6.13. The van der Waals surface area contributed by atoms with Gasteiger partial charge in [0.25, 0.3) is 11.5 Å². The molecule has 0 radical (unpaired) electrons. The molecular formula is C18H20N4O3. The van der Waals surface area contributed by atoms with Crippen LogP contribution in [0, 0.1) is 5.92 Å². The van der Waals surface area contributed by atoms with E-state index in [0.29, 0.717) is 13.1 Å². The number of carbonyl (C=O) groups excluding carboxylic acids is 2. The van der Waals surface area contributed by atoms with Gasteiger partial charge in [-0.2, -0.15) is 5.10 Å². The smallest absolute Gasteiger partial charge is 0.274 e. The summed E-state index contributed by atoms with van der Waals surface area (Å²) >= 11 is 0. The van der Waals surface area contributed by atoms with E-state index in [-0.39, 0.29) is 29.0 Å². The third-order valence-corrected chi connectivity index (χ3v) is 4.30. The summed E-state index contributed by atoms with van der Waals surface area (Å²) in [6, 6.07) is 12.0. The minimum Gasteiger partial charge on any atom is -0.336 e. The summed E-state index contributed by atoms with van der Waals surface area (Å²) in [5.41, 5.74) is 0.692. The molecule has 7 nitrogen and oxygen atoms in total. The topological polar surface area (TPSA) is 84.3 Å². The molecule has 1 aromatic heterocycles. The lowest BCUT2D eigenvalue weighted by Crippen LogP contribution is -2.44. The lowest BCUT2D eigenvalue weighted by atomic mass is 9.96. The molecule has 0 spiro atoms. The molecule has 1 fully saturated rings. The van der Waals surface area contributed by atoms with Gasteiger partial charge in [-0.3, -0.25) is 14.4 Å². The molecule has 1 N–H and O–H groups in total. The number of nitrogens with zero attached hydrogens (tertiary/aromatic N) is 3. The number of benzene rings is 1. The largest absolute Gasteiger partial charge is 0.336 e. The van der Waals surface area contributed by atoms with Crippen molar-refractivity contribution in [3.05, 3.63) is 58.5 Å². The number of piperidine rings is 1. The molecule has 2 heterocycles. The first-order valence-electron chi connectivity index (χ1n) is 8.24. The number of carbonyl (C=O) groups is 2. The van der Waals surface area contributed by atoms with E-state index < -0.39 is 0 Å². The number of hydrogen-bond acceptors (Lipinski definition) is 4. The van der Waals surface area contributed by atoms with Gasteiger partial charge in [-0.15, -0.1) is 0 Å². The number of aromatic nitrogens is 2. The van der Waals surface area contributed by atoms with E-state index in [1.807, 2.05) is 30.3 Å². The van der Waals surface area contributed by atoms with Crippen molar-refractivity contribution in [1.82, 2.24) is 14.7 Å². The Labute approximate surface area is 145 Å². The van der Waals surface area contributed by atoms with Gasteiger partial charge < -0.3 is 10.2 Å². The van der Waals surface area contributed by atoms with Crippen LogP contribution in [0.15, 0.2) is 47.3 Å². The number of rotatable bonds is 3. The molecule has 1 saturated heterocycles. The molecule has 2 aromatic rings. The number of para-hydroxylation sites is 1. The lowest BCUT2D eigenvalue weighted by molar-refractivity contribution is -0.121. The number of amides is 2. The third-order valence-electron chi connectivity index (χ3n) is 4.30. The van der Waals surface area contributed by atoms with Crippen LogP contribution in [0.4, 0.5) is 5.69 Å². The summed E-state index contributed by atoms with van der Waals surface area (Å²) in [5.74, 6) is -0.602. The van der Waals surface area contributed by atoms with E-state index in [1.54, 1.807) is 4.90 Å². The minimum atomic E-state index is -0.268. The predicted octanol–water partition coefficient (Wildman–Crippen LogP) is 1.27. The van der Waals surface area contributed by atoms with Gasteiger partial charge in [0.05, 0.1) is 5.92 Å². The Balaban J connectivity index is 1.68. The average Bonchev–Trinajstić information content (AvgIpc) is 2.64. The molecule has 7 heteroatoms. The van der Waals surface area contributed by atoms with Gasteiger partial charge in [-0.1, -0.05) is 18.2 Å². The van der Waals surface area contributed by atoms with Crippen LogP contribution in [0.1, 0.15) is 23.3 Å². The van der Waals surface area contributed by atoms with Crippen LogP contribution in [0.25, 0.3) is 0 Å². The van der Waals surface area contributed by atoms with Gasteiger partial charge in [0.2, 0.25) is 5.91 Å². The SMILES string of the molecule is Cn1nc(C(=O)N2CCCC(C(=O)Nc3ccccc3)C2)ccc1=O. The average molecular weight is 340 g/mol. The highest BCUT2D eigenvalue weighted by molar-refractivity contribution is 5.95. The Hall–Kier alpha value is -2.96. The highest BCUT2D eigenvalue weighted by Gasteiger charge is 2.29. The van der Waals surface area contributed by atoms with Gasteiger partial charge in [-0.05, 0) is 31.0 Å². The standard InChI is InChI=1S/C18H20N4O3/c1-21-16(23)10-9-15(20-21)18(25)22-11-5-6-13(12-22)17(24)19-14-7-3-2-4-8-14/h2-4,7-10,13H,5-6,11-12H2,1H3,(H,19,24). The van der Waals surface area contributed by atoms with Gasteiger partial charge in [0.15, 0.2) is 0 Å². The van der Waals surface area contributed by atoms with Crippen LogP contribution in [-0.4, -0.2) is 39.6 Å². The van der Waals surface area contributed by atoms with Crippen LogP contribution in [0.2, 0.25) is 0 Å². The fourth-order valence-electron chi connectivity index (χ4n) is 2.92. The molecule has 0 bridgehead atoms. The molecule has 1 aromatic carbocycles. The summed E-state index contributed by atoms with van der Waals surface area (Å²) in [7, 11) is 1.51. The number of hydrogen-bond donors (Lipinski definition) is 1. The number of aryl methyl sites for hydroxylation is 1. The van der Waals surface area contributed by atoms with Gasteiger partial charge in [0, 0.05) is 31.9 Å².